The summed E-state index contributed by atoms with van der Waals surface area (Å²) in [6.45, 7) is 2.99. The Hall–Kier alpha value is -1.71. The molecule has 0 radical (unpaired) electrons. The molecule has 0 bridgehead atoms. The van der Waals surface area contributed by atoms with E-state index in [1.54, 1.807) is 7.11 Å². The van der Waals surface area contributed by atoms with Gasteiger partial charge in [-0.3, -0.25) is 4.90 Å². The summed E-state index contributed by atoms with van der Waals surface area (Å²) in [6, 6.07) is 6.42. The van der Waals surface area contributed by atoms with Crippen LogP contribution in [0.5, 0.6) is 5.75 Å². The van der Waals surface area contributed by atoms with Crippen LogP contribution in [-0.4, -0.2) is 25.7 Å². The van der Waals surface area contributed by atoms with Crippen molar-refractivity contribution in [1.29, 1.82) is 0 Å². The van der Waals surface area contributed by atoms with Gasteiger partial charge in [-0.2, -0.15) is 0 Å². The van der Waals surface area contributed by atoms with E-state index in [4.69, 9.17) is 4.74 Å². The second-order valence-electron chi connectivity index (χ2n) is 6.70. The highest BCUT2D eigenvalue weighted by Crippen LogP contribution is 2.32. The molecule has 1 aromatic rings. The highest BCUT2D eigenvalue weighted by molar-refractivity contribution is 5.93. The molecule has 4 nitrogen and oxygen atoms in total. The zero-order valence-corrected chi connectivity index (χ0v) is 13.6. The molecule has 1 aromatic carbocycles. The lowest BCUT2D eigenvalue weighted by molar-refractivity contribution is 0.236. The number of fused-ring (bicyclic) bond motifs is 1. The van der Waals surface area contributed by atoms with Crippen LogP contribution in [0.15, 0.2) is 18.2 Å². The number of carbonyl (C=O) groups is 1. The van der Waals surface area contributed by atoms with E-state index < -0.39 is 0 Å². The highest BCUT2D eigenvalue weighted by Gasteiger charge is 2.28. The fraction of sp³-hybridized carbons (Fsp3) is 0.611. The largest absolute Gasteiger partial charge is 0.497 e. The number of methoxy groups -OCH3 is 1. The SMILES string of the molecule is COc1ccc2c(c1)CC(C)CN2C(=O)NC1CCCCC1. The number of urea groups is 1. The molecular formula is C18H26N2O2. The van der Waals surface area contributed by atoms with E-state index in [0.717, 1.165) is 37.2 Å². The normalized spacial score (nSPS) is 22.1. The molecule has 1 saturated carbocycles. The highest BCUT2D eigenvalue weighted by atomic mass is 16.5. The van der Waals surface area contributed by atoms with Gasteiger partial charge in [-0.15, -0.1) is 0 Å². The van der Waals surface area contributed by atoms with E-state index in [1.807, 2.05) is 17.0 Å². The monoisotopic (exact) mass is 302 g/mol. The van der Waals surface area contributed by atoms with E-state index in [2.05, 4.69) is 18.3 Å². The molecule has 1 atom stereocenters. The van der Waals surface area contributed by atoms with Crippen LogP contribution in [0.2, 0.25) is 0 Å². The van der Waals surface area contributed by atoms with Crippen LogP contribution in [0, 0.1) is 5.92 Å². The first kappa shape index (κ1) is 15.2. The van der Waals surface area contributed by atoms with Crippen molar-refractivity contribution in [2.75, 3.05) is 18.6 Å². The number of anilines is 1. The van der Waals surface area contributed by atoms with Crippen molar-refractivity contribution in [3.8, 4) is 5.75 Å². The standard InChI is InChI=1S/C18H26N2O2/c1-13-10-14-11-16(22-2)8-9-17(14)20(12-13)18(21)19-15-6-4-3-5-7-15/h8-9,11,13,15H,3-7,10,12H2,1-2H3,(H,19,21). The van der Waals surface area contributed by atoms with E-state index in [9.17, 15) is 4.79 Å². The summed E-state index contributed by atoms with van der Waals surface area (Å²) in [7, 11) is 1.68. The molecule has 2 aliphatic rings. The van der Waals surface area contributed by atoms with E-state index >= 15 is 0 Å². The summed E-state index contributed by atoms with van der Waals surface area (Å²) >= 11 is 0. The minimum atomic E-state index is 0.0601. The molecule has 2 amide bonds. The van der Waals surface area contributed by atoms with Crippen molar-refractivity contribution >= 4 is 11.7 Å². The average Bonchev–Trinajstić information content (AvgIpc) is 2.54. The maximum Gasteiger partial charge on any atom is 0.322 e. The Kier molecular flexibility index (Phi) is 4.55. The number of nitrogens with zero attached hydrogens (tertiary/aromatic N) is 1. The first-order valence-corrected chi connectivity index (χ1v) is 8.42. The number of rotatable bonds is 2. The molecule has 0 aromatic heterocycles. The minimum absolute atomic E-state index is 0.0601. The molecule has 1 fully saturated rings. The lowest BCUT2D eigenvalue weighted by atomic mass is 9.93. The van der Waals surface area contributed by atoms with Crippen molar-refractivity contribution in [2.45, 2.75) is 51.5 Å². The molecule has 3 rings (SSSR count). The quantitative estimate of drug-likeness (QED) is 0.904. The maximum atomic E-state index is 12.7. The molecular weight excluding hydrogens is 276 g/mol. The average molecular weight is 302 g/mol. The number of benzene rings is 1. The molecule has 4 heteroatoms. The van der Waals surface area contributed by atoms with Gasteiger partial charge in [0.05, 0.1) is 7.11 Å². The Morgan fingerprint density at radius 1 is 1.27 bits per heavy atom. The Morgan fingerprint density at radius 3 is 2.77 bits per heavy atom. The van der Waals surface area contributed by atoms with Gasteiger partial charge in [-0.25, -0.2) is 4.79 Å². The van der Waals surface area contributed by atoms with Crippen LogP contribution in [0.1, 0.15) is 44.6 Å². The van der Waals surface area contributed by atoms with Crippen LogP contribution >= 0.6 is 0 Å². The van der Waals surface area contributed by atoms with Gasteiger partial charge < -0.3 is 10.1 Å². The van der Waals surface area contributed by atoms with Crippen LogP contribution in [0.3, 0.4) is 0 Å². The summed E-state index contributed by atoms with van der Waals surface area (Å²) in [5.74, 6) is 1.33. The van der Waals surface area contributed by atoms with E-state index in [0.29, 0.717) is 12.0 Å². The molecule has 1 N–H and O–H groups in total. The Bertz CT molecular complexity index is 538. The fourth-order valence-corrected chi connectivity index (χ4v) is 3.66. The van der Waals surface area contributed by atoms with Crippen molar-refractivity contribution in [3.05, 3.63) is 23.8 Å². The summed E-state index contributed by atoms with van der Waals surface area (Å²) < 4.78 is 5.31. The summed E-state index contributed by atoms with van der Waals surface area (Å²) in [5, 5.41) is 3.23. The lowest BCUT2D eigenvalue weighted by Gasteiger charge is -2.35. The summed E-state index contributed by atoms with van der Waals surface area (Å²) in [5.41, 5.74) is 2.24. The first-order chi connectivity index (χ1) is 10.7. The predicted molar refractivity (Wildman–Crippen MR) is 88.6 cm³/mol. The van der Waals surface area contributed by atoms with Crippen LogP contribution in [-0.2, 0) is 6.42 Å². The Morgan fingerprint density at radius 2 is 2.05 bits per heavy atom. The number of carbonyl (C=O) groups excluding carboxylic acids is 1. The van der Waals surface area contributed by atoms with Gasteiger partial charge in [-0.1, -0.05) is 26.2 Å². The summed E-state index contributed by atoms with van der Waals surface area (Å²) in [6.07, 6.45) is 7.00. The summed E-state index contributed by atoms with van der Waals surface area (Å²) in [4.78, 5) is 14.6. The molecule has 120 valence electrons. The fourth-order valence-electron chi connectivity index (χ4n) is 3.66. The van der Waals surface area contributed by atoms with Gasteiger partial charge in [0, 0.05) is 18.3 Å². The Labute approximate surface area is 132 Å². The maximum absolute atomic E-state index is 12.7. The number of amides is 2. The zero-order chi connectivity index (χ0) is 15.5. The van der Waals surface area contributed by atoms with Gasteiger partial charge in [-0.05, 0) is 48.9 Å². The van der Waals surface area contributed by atoms with Gasteiger partial charge in [0.15, 0.2) is 0 Å². The van der Waals surface area contributed by atoms with Gasteiger partial charge in [0.2, 0.25) is 0 Å². The zero-order valence-electron chi connectivity index (χ0n) is 13.6. The van der Waals surface area contributed by atoms with Gasteiger partial charge in [0.25, 0.3) is 0 Å². The van der Waals surface area contributed by atoms with Crippen LogP contribution < -0.4 is 15.0 Å². The van der Waals surface area contributed by atoms with Crippen LogP contribution in [0.4, 0.5) is 10.5 Å². The van der Waals surface area contributed by atoms with Crippen molar-refractivity contribution in [3.63, 3.8) is 0 Å². The van der Waals surface area contributed by atoms with E-state index in [1.165, 1.54) is 24.8 Å². The topological polar surface area (TPSA) is 41.6 Å². The molecule has 1 heterocycles. The minimum Gasteiger partial charge on any atom is -0.497 e. The van der Waals surface area contributed by atoms with Crippen molar-refractivity contribution < 1.29 is 9.53 Å². The molecule has 0 saturated heterocycles. The third-order valence-electron chi connectivity index (χ3n) is 4.82. The number of hydrogen-bond donors (Lipinski definition) is 1. The smallest absolute Gasteiger partial charge is 0.322 e. The number of nitrogens with one attached hydrogen (secondary N) is 1. The molecule has 22 heavy (non-hydrogen) atoms. The van der Waals surface area contributed by atoms with Crippen LogP contribution in [0.25, 0.3) is 0 Å². The van der Waals surface area contributed by atoms with Gasteiger partial charge >= 0.3 is 6.03 Å². The third-order valence-corrected chi connectivity index (χ3v) is 4.82. The second-order valence-corrected chi connectivity index (χ2v) is 6.70. The van der Waals surface area contributed by atoms with Crippen molar-refractivity contribution in [2.24, 2.45) is 5.92 Å². The predicted octanol–water partition coefficient (Wildman–Crippen LogP) is 3.74. The lowest BCUT2D eigenvalue weighted by Crippen LogP contribution is -2.49. The van der Waals surface area contributed by atoms with Gasteiger partial charge in [0.1, 0.15) is 5.75 Å². The number of hydrogen-bond acceptors (Lipinski definition) is 2. The molecule has 1 aliphatic carbocycles. The first-order valence-electron chi connectivity index (χ1n) is 8.42. The number of ether oxygens (including phenoxy) is 1. The third kappa shape index (κ3) is 3.21. The molecule has 1 unspecified atom stereocenters. The molecule has 0 spiro atoms. The molecule has 1 aliphatic heterocycles. The second kappa shape index (κ2) is 6.59. The Balaban J connectivity index is 1.77. The van der Waals surface area contributed by atoms with E-state index in [-0.39, 0.29) is 6.03 Å². The van der Waals surface area contributed by atoms with Crippen molar-refractivity contribution in [1.82, 2.24) is 5.32 Å².